The predicted octanol–water partition coefficient (Wildman–Crippen LogP) is 6.32. The summed E-state index contributed by atoms with van der Waals surface area (Å²) in [6.45, 7) is 0. The molecule has 2 heterocycles. The maximum atomic E-state index is 6.29. The van der Waals surface area contributed by atoms with E-state index in [1.165, 1.54) is 0 Å². The van der Waals surface area contributed by atoms with Gasteiger partial charge in [0.05, 0.1) is 11.2 Å². The first-order valence-corrected chi connectivity index (χ1v) is 8.33. The van der Waals surface area contributed by atoms with Crippen molar-refractivity contribution >= 4 is 21.9 Å². The maximum absolute atomic E-state index is 6.29. The molecule has 0 atom stereocenters. The summed E-state index contributed by atoms with van der Waals surface area (Å²) in [5.74, 6) is 0.867. The molecular weight excluding hydrogens is 306 g/mol. The van der Waals surface area contributed by atoms with E-state index in [-0.39, 0.29) is 0 Å². The van der Waals surface area contributed by atoms with Gasteiger partial charge < -0.3 is 4.42 Å². The number of para-hydroxylation sites is 1. The van der Waals surface area contributed by atoms with Gasteiger partial charge in [0.15, 0.2) is 0 Å². The minimum atomic E-state index is 0.867. The first kappa shape index (κ1) is 14.0. The molecule has 5 aromatic rings. The molecule has 2 aromatic heterocycles. The van der Waals surface area contributed by atoms with Crippen LogP contribution in [0.15, 0.2) is 95.4 Å². The molecule has 0 spiro atoms. The summed E-state index contributed by atoms with van der Waals surface area (Å²) in [6, 6.07) is 30.7. The van der Waals surface area contributed by atoms with Crippen molar-refractivity contribution in [3.05, 3.63) is 91.0 Å². The van der Waals surface area contributed by atoms with Crippen molar-refractivity contribution in [1.29, 1.82) is 0 Å². The molecule has 25 heavy (non-hydrogen) atoms. The third-order valence-electron chi connectivity index (χ3n) is 4.47. The van der Waals surface area contributed by atoms with Gasteiger partial charge in [-0.25, -0.2) is 4.98 Å². The lowest BCUT2D eigenvalue weighted by Crippen LogP contribution is -1.86. The smallest absolute Gasteiger partial charge is 0.146 e. The Kier molecular flexibility index (Phi) is 3.14. The minimum Gasteiger partial charge on any atom is -0.455 e. The van der Waals surface area contributed by atoms with Crippen LogP contribution in [0.3, 0.4) is 0 Å². The molecule has 0 aliphatic carbocycles. The fraction of sp³-hybridized carbons (Fsp3) is 0. The number of furan rings is 1. The third-order valence-corrected chi connectivity index (χ3v) is 4.47. The number of nitrogens with zero attached hydrogens (tertiary/aromatic N) is 1. The first-order chi connectivity index (χ1) is 12.4. The number of fused-ring (bicyclic) bond motifs is 3. The van der Waals surface area contributed by atoms with Crippen molar-refractivity contribution in [2.45, 2.75) is 0 Å². The summed E-state index contributed by atoms with van der Waals surface area (Å²) in [7, 11) is 0. The Hall–Kier alpha value is -3.39. The second-order valence-corrected chi connectivity index (χ2v) is 6.06. The van der Waals surface area contributed by atoms with Crippen LogP contribution in [-0.4, -0.2) is 4.98 Å². The Morgan fingerprint density at radius 3 is 2.00 bits per heavy atom. The zero-order valence-electron chi connectivity index (χ0n) is 13.5. The molecule has 0 unspecified atom stereocenters. The van der Waals surface area contributed by atoms with Crippen molar-refractivity contribution in [2.75, 3.05) is 0 Å². The van der Waals surface area contributed by atoms with Crippen LogP contribution in [0.1, 0.15) is 0 Å². The fourth-order valence-electron chi connectivity index (χ4n) is 3.27. The number of rotatable bonds is 2. The molecule has 2 nitrogen and oxygen atoms in total. The first-order valence-electron chi connectivity index (χ1n) is 8.33. The molecule has 0 saturated carbocycles. The number of pyridine rings is 1. The molecule has 0 amide bonds. The highest BCUT2D eigenvalue weighted by molar-refractivity contribution is 6.09. The molecular formula is C23H15NO. The van der Waals surface area contributed by atoms with Crippen molar-refractivity contribution in [3.8, 4) is 22.6 Å². The van der Waals surface area contributed by atoms with Crippen LogP contribution >= 0.6 is 0 Å². The van der Waals surface area contributed by atoms with E-state index in [4.69, 9.17) is 9.40 Å². The molecule has 5 rings (SSSR count). The second-order valence-electron chi connectivity index (χ2n) is 6.06. The monoisotopic (exact) mass is 321 g/mol. The number of benzene rings is 3. The van der Waals surface area contributed by atoms with E-state index in [0.717, 1.165) is 44.5 Å². The summed E-state index contributed by atoms with van der Waals surface area (Å²) in [4.78, 5) is 4.92. The van der Waals surface area contributed by atoms with Crippen molar-refractivity contribution in [2.24, 2.45) is 0 Å². The summed E-state index contributed by atoms with van der Waals surface area (Å²) < 4.78 is 6.29. The van der Waals surface area contributed by atoms with Gasteiger partial charge in [-0.2, -0.15) is 0 Å². The minimum absolute atomic E-state index is 0.867. The molecule has 0 aliphatic heterocycles. The predicted molar refractivity (Wildman–Crippen MR) is 102 cm³/mol. The average Bonchev–Trinajstić information content (AvgIpc) is 3.14. The third kappa shape index (κ3) is 2.31. The highest BCUT2D eigenvalue weighted by Gasteiger charge is 2.15. The Bertz CT molecular complexity index is 1170. The van der Waals surface area contributed by atoms with Crippen molar-refractivity contribution in [1.82, 2.24) is 4.98 Å². The van der Waals surface area contributed by atoms with E-state index < -0.39 is 0 Å². The van der Waals surface area contributed by atoms with Crippen LogP contribution in [0, 0.1) is 0 Å². The van der Waals surface area contributed by atoms with E-state index in [9.17, 15) is 0 Å². The molecule has 2 heteroatoms. The maximum Gasteiger partial charge on any atom is 0.146 e. The molecule has 3 aromatic carbocycles. The standard InChI is InChI=1S/C23H15NO/c1-3-9-16(10-4-1)21-15-19-22(17-11-5-2-6-12-17)24-20-14-8-7-13-18(20)23(19)25-21/h1-15H. The van der Waals surface area contributed by atoms with Crippen LogP contribution in [0.2, 0.25) is 0 Å². The van der Waals surface area contributed by atoms with Crippen LogP contribution in [-0.2, 0) is 0 Å². The fourth-order valence-corrected chi connectivity index (χ4v) is 3.27. The molecule has 0 saturated heterocycles. The van der Waals surface area contributed by atoms with E-state index in [1.807, 2.05) is 54.6 Å². The average molecular weight is 321 g/mol. The van der Waals surface area contributed by atoms with Gasteiger partial charge in [-0.05, 0) is 18.2 Å². The molecule has 0 radical (unpaired) electrons. The topological polar surface area (TPSA) is 26.0 Å². The van der Waals surface area contributed by atoms with Gasteiger partial charge in [-0.1, -0.05) is 72.8 Å². The second kappa shape index (κ2) is 5.60. The highest BCUT2D eigenvalue weighted by Crippen LogP contribution is 2.37. The summed E-state index contributed by atoms with van der Waals surface area (Å²) in [5, 5.41) is 2.09. The highest BCUT2D eigenvalue weighted by atomic mass is 16.3. The molecule has 0 fully saturated rings. The Labute approximate surface area is 145 Å². The van der Waals surface area contributed by atoms with Gasteiger partial charge in [0, 0.05) is 21.9 Å². The van der Waals surface area contributed by atoms with Gasteiger partial charge in [0.2, 0.25) is 0 Å². The van der Waals surface area contributed by atoms with Crippen molar-refractivity contribution in [3.63, 3.8) is 0 Å². The van der Waals surface area contributed by atoms with Crippen LogP contribution in [0.4, 0.5) is 0 Å². The van der Waals surface area contributed by atoms with Crippen LogP contribution in [0.5, 0.6) is 0 Å². The van der Waals surface area contributed by atoms with E-state index in [2.05, 4.69) is 36.4 Å². The summed E-state index contributed by atoms with van der Waals surface area (Å²) in [5.41, 5.74) is 4.96. The normalized spacial score (nSPS) is 11.2. The molecule has 0 aliphatic rings. The molecule has 0 N–H and O–H groups in total. The Balaban J connectivity index is 1.88. The Morgan fingerprint density at radius 2 is 1.24 bits per heavy atom. The van der Waals surface area contributed by atoms with Crippen LogP contribution < -0.4 is 0 Å². The van der Waals surface area contributed by atoms with Gasteiger partial charge in [-0.15, -0.1) is 0 Å². The largest absolute Gasteiger partial charge is 0.455 e. The van der Waals surface area contributed by atoms with Gasteiger partial charge in [-0.3, -0.25) is 0 Å². The van der Waals surface area contributed by atoms with E-state index in [1.54, 1.807) is 0 Å². The summed E-state index contributed by atoms with van der Waals surface area (Å²) in [6.07, 6.45) is 0. The number of hydrogen-bond donors (Lipinski definition) is 0. The quantitative estimate of drug-likeness (QED) is 0.380. The number of aromatic nitrogens is 1. The zero-order chi connectivity index (χ0) is 16.6. The summed E-state index contributed by atoms with van der Waals surface area (Å²) >= 11 is 0. The van der Waals surface area contributed by atoms with Gasteiger partial charge in [0.1, 0.15) is 11.3 Å². The van der Waals surface area contributed by atoms with Crippen molar-refractivity contribution < 1.29 is 4.42 Å². The SMILES string of the molecule is c1ccc(-c2cc3c(-c4ccccc4)nc4ccccc4c3o2)cc1. The Morgan fingerprint density at radius 1 is 0.600 bits per heavy atom. The molecule has 0 bridgehead atoms. The van der Waals surface area contributed by atoms with E-state index in [0.29, 0.717) is 0 Å². The lowest BCUT2D eigenvalue weighted by atomic mass is 10.0. The lowest BCUT2D eigenvalue weighted by molar-refractivity contribution is 0.635. The zero-order valence-corrected chi connectivity index (χ0v) is 13.5. The van der Waals surface area contributed by atoms with Crippen LogP contribution in [0.25, 0.3) is 44.5 Å². The van der Waals surface area contributed by atoms with E-state index >= 15 is 0 Å². The number of hydrogen-bond acceptors (Lipinski definition) is 2. The van der Waals surface area contributed by atoms with Gasteiger partial charge >= 0.3 is 0 Å². The lowest BCUT2D eigenvalue weighted by Gasteiger charge is -2.05. The molecule has 118 valence electrons. The van der Waals surface area contributed by atoms with Gasteiger partial charge in [0.25, 0.3) is 0 Å².